The molecule has 1 unspecified atom stereocenters. The summed E-state index contributed by atoms with van der Waals surface area (Å²) >= 11 is 5.73. The Morgan fingerprint density at radius 2 is 1.93 bits per heavy atom. The summed E-state index contributed by atoms with van der Waals surface area (Å²) in [5.41, 5.74) is 0.864. The van der Waals surface area contributed by atoms with Gasteiger partial charge >= 0.3 is 0 Å². The lowest BCUT2D eigenvalue weighted by atomic mass is 10.1. The molecule has 1 atom stereocenters. The average molecular weight is 210 g/mol. The van der Waals surface area contributed by atoms with Gasteiger partial charge in [-0.2, -0.15) is 0 Å². The van der Waals surface area contributed by atoms with Crippen LogP contribution in [0.1, 0.15) is 11.7 Å². The van der Waals surface area contributed by atoms with Crippen LogP contribution in [0.15, 0.2) is 36.1 Å². The zero-order chi connectivity index (χ0) is 10.1. The second kappa shape index (κ2) is 3.35. The lowest BCUT2D eigenvalue weighted by molar-refractivity contribution is 0.251. The normalized spacial score (nSPS) is 20.5. The lowest BCUT2D eigenvalue weighted by Gasteiger charge is -2.08. The van der Waals surface area contributed by atoms with Crippen LogP contribution in [0.2, 0.25) is 5.02 Å². The highest BCUT2D eigenvalue weighted by atomic mass is 35.5. The molecule has 0 saturated carbocycles. The van der Waals surface area contributed by atoms with Crippen molar-refractivity contribution >= 4 is 17.5 Å². The molecule has 14 heavy (non-hydrogen) atoms. The van der Waals surface area contributed by atoms with Crippen molar-refractivity contribution in [3.63, 3.8) is 0 Å². The van der Waals surface area contributed by atoms with E-state index in [0.29, 0.717) is 5.02 Å². The first-order valence-electron chi connectivity index (χ1n) is 4.08. The summed E-state index contributed by atoms with van der Waals surface area (Å²) in [4.78, 5) is 0. The smallest absolute Gasteiger partial charge is 0.250 e. The van der Waals surface area contributed by atoms with E-state index < -0.39 is 0 Å². The summed E-state index contributed by atoms with van der Waals surface area (Å²) < 4.78 is 5.10. The zero-order valence-corrected chi connectivity index (χ0v) is 7.95. The highest BCUT2D eigenvalue weighted by Crippen LogP contribution is 2.27. The van der Waals surface area contributed by atoms with Gasteiger partial charge in [-0.1, -0.05) is 23.7 Å². The van der Waals surface area contributed by atoms with Crippen LogP contribution in [0.5, 0.6) is 0 Å². The van der Waals surface area contributed by atoms with Crippen LogP contribution >= 0.6 is 11.6 Å². The maximum Gasteiger partial charge on any atom is 0.250 e. The Labute approximate surface area is 86.1 Å². The lowest BCUT2D eigenvalue weighted by Crippen LogP contribution is -2.00. The van der Waals surface area contributed by atoms with E-state index in [1.54, 1.807) is 24.3 Å². The van der Waals surface area contributed by atoms with Crippen LogP contribution in [0.4, 0.5) is 0 Å². The highest BCUT2D eigenvalue weighted by molar-refractivity contribution is 6.30. The zero-order valence-electron chi connectivity index (χ0n) is 7.20. The second-order valence-corrected chi connectivity index (χ2v) is 3.41. The molecule has 0 radical (unpaired) electrons. The SMILES string of the molecule is N=C1OC(c2ccc(Cl)cc2)C=C1O. The van der Waals surface area contributed by atoms with Crippen LogP contribution in [0.25, 0.3) is 0 Å². The Morgan fingerprint density at radius 1 is 1.29 bits per heavy atom. The van der Waals surface area contributed by atoms with Gasteiger partial charge < -0.3 is 9.84 Å². The van der Waals surface area contributed by atoms with Crippen molar-refractivity contribution in [1.82, 2.24) is 0 Å². The van der Waals surface area contributed by atoms with Crippen molar-refractivity contribution in [2.75, 3.05) is 0 Å². The van der Waals surface area contributed by atoms with E-state index in [1.165, 1.54) is 6.08 Å². The first-order chi connectivity index (χ1) is 6.66. The summed E-state index contributed by atoms with van der Waals surface area (Å²) in [5.74, 6) is -0.310. The molecule has 0 saturated heterocycles. The molecule has 1 aliphatic rings. The molecule has 1 aromatic rings. The molecule has 2 N–H and O–H groups in total. The van der Waals surface area contributed by atoms with Crippen molar-refractivity contribution in [3.8, 4) is 0 Å². The number of rotatable bonds is 1. The van der Waals surface area contributed by atoms with Gasteiger partial charge in [-0.3, -0.25) is 5.41 Å². The van der Waals surface area contributed by atoms with E-state index in [2.05, 4.69) is 0 Å². The largest absolute Gasteiger partial charge is 0.503 e. The number of aliphatic hydroxyl groups is 1. The monoisotopic (exact) mass is 209 g/mol. The van der Waals surface area contributed by atoms with Gasteiger partial charge in [-0.15, -0.1) is 0 Å². The summed E-state index contributed by atoms with van der Waals surface area (Å²) in [6, 6.07) is 7.09. The molecular formula is C10H8ClNO2. The molecule has 0 aromatic heterocycles. The fourth-order valence-corrected chi connectivity index (χ4v) is 1.38. The van der Waals surface area contributed by atoms with Gasteiger partial charge in [0.2, 0.25) is 5.90 Å². The Hall–Kier alpha value is -1.48. The van der Waals surface area contributed by atoms with Crippen LogP contribution in [-0.2, 0) is 4.74 Å². The van der Waals surface area contributed by atoms with E-state index in [1.807, 2.05) is 0 Å². The molecule has 0 spiro atoms. The third-order valence-corrected chi connectivity index (χ3v) is 2.24. The van der Waals surface area contributed by atoms with Crippen LogP contribution < -0.4 is 0 Å². The van der Waals surface area contributed by atoms with Gasteiger partial charge in [0.15, 0.2) is 5.76 Å². The number of hydrogen-bond acceptors (Lipinski definition) is 3. The quantitative estimate of drug-likeness (QED) is 0.747. The molecule has 1 heterocycles. The number of aliphatic hydroxyl groups excluding tert-OH is 1. The number of ether oxygens (including phenoxy) is 1. The fraction of sp³-hybridized carbons (Fsp3) is 0.100. The molecule has 0 bridgehead atoms. The standard InChI is InChI=1S/C10H8ClNO2/c11-7-3-1-6(2-4-7)9-5-8(13)10(12)14-9/h1-5,9,12-13H. The predicted molar refractivity (Wildman–Crippen MR) is 53.7 cm³/mol. The minimum Gasteiger partial charge on any atom is -0.503 e. The summed E-state index contributed by atoms with van der Waals surface area (Å²) in [5, 5.41) is 17.0. The highest BCUT2D eigenvalue weighted by Gasteiger charge is 2.22. The van der Waals surface area contributed by atoms with Crippen LogP contribution in [0.3, 0.4) is 0 Å². The van der Waals surface area contributed by atoms with Gasteiger partial charge in [0, 0.05) is 11.1 Å². The van der Waals surface area contributed by atoms with Crippen molar-refractivity contribution < 1.29 is 9.84 Å². The van der Waals surface area contributed by atoms with E-state index in [-0.39, 0.29) is 17.8 Å². The van der Waals surface area contributed by atoms with Crippen LogP contribution in [-0.4, -0.2) is 11.0 Å². The van der Waals surface area contributed by atoms with Gasteiger partial charge in [0.25, 0.3) is 0 Å². The summed E-state index contributed by atoms with van der Waals surface area (Å²) in [6.45, 7) is 0. The van der Waals surface area contributed by atoms with Crippen LogP contribution in [0, 0.1) is 5.41 Å². The van der Waals surface area contributed by atoms with Gasteiger partial charge in [-0.05, 0) is 17.7 Å². The Morgan fingerprint density at radius 3 is 2.43 bits per heavy atom. The molecule has 1 aromatic carbocycles. The Balaban J connectivity index is 2.26. The average Bonchev–Trinajstić information content (AvgIpc) is 2.48. The topological polar surface area (TPSA) is 53.3 Å². The molecule has 0 fully saturated rings. The third kappa shape index (κ3) is 1.59. The Bertz CT molecular complexity index is 397. The fourth-order valence-electron chi connectivity index (χ4n) is 1.26. The second-order valence-electron chi connectivity index (χ2n) is 2.97. The minimum atomic E-state index is -0.375. The van der Waals surface area contributed by atoms with Gasteiger partial charge in [0.1, 0.15) is 6.10 Å². The minimum absolute atomic E-state index is 0.120. The van der Waals surface area contributed by atoms with Crippen molar-refractivity contribution in [3.05, 3.63) is 46.7 Å². The molecule has 72 valence electrons. The maximum absolute atomic E-state index is 9.17. The van der Waals surface area contributed by atoms with Gasteiger partial charge in [-0.25, -0.2) is 0 Å². The van der Waals surface area contributed by atoms with E-state index >= 15 is 0 Å². The molecular weight excluding hydrogens is 202 g/mol. The van der Waals surface area contributed by atoms with Crippen molar-refractivity contribution in [2.45, 2.75) is 6.10 Å². The summed E-state index contributed by atoms with van der Waals surface area (Å²) in [6.07, 6.45) is 1.12. The predicted octanol–water partition coefficient (Wildman–Crippen LogP) is 2.83. The Kier molecular flexibility index (Phi) is 2.17. The van der Waals surface area contributed by atoms with E-state index in [4.69, 9.17) is 26.9 Å². The number of nitrogens with one attached hydrogen (secondary N) is 1. The maximum atomic E-state index is 9.17. The first-order valence-corrected chi connectivity index (χ1v) is 4.46. The molecule has 3 nitrogen and oxygen atoms in total. The molecule has 1 aliphatic heterocycles. The van der Waals surface area contributed by atoms with Gasteiger partial charge in [0.05, 0.1) is 0 Å². The third-order valence-electron chi connectivity index (χ3n) is 1.99. The number of hydrogen-bond donors (Lipinski definition) is 2. The molecule has 2 rings (SSSR count). The van der Waals surface area contributed by atoms with Crippen molar-refractivity contribution in [2.24, 2.45) is 0 Å². The molecule has 0 amide bonds. The van der Waals surface area contributed by atoms with E-state index in [0.717, 1.165) is 5.56 Å². The van der Waals surface area contributed by atoms with Crippen molar-refractivity contribution in [1.29, 1.82) is 5.41 Å². The first kappa shape index (κ1) is 9.09. The molecule has 4 heteroatoms. The number of halogens is 1. The van der Waals surface area contributed by atoms with E-state index in [9.17, 15) is 0 Å². The summed E-state index contributed by atoms with van der Waals surface area (Å²) in [7, 11) is 0. The molecule has 0 aliphatic carbocycles. The number of benzene rings is 1.